The van der Waals surface area contributed by atoms with Crippen LogP contribution in [0.15, 0.2) is 194 Å². The zero-order chi connectivity index (χ0) is 68.3. The monoisotopic (exact) mass is 1320 g/mol. The third-order valence-electron chi connectivity index (χ3n) is 17.0. The van der Waals surface area contributed by atoms with Crippen molar-refractivity contribution in [3.63, 3.8) is 0 Å². The lowest BCUT2D eigenvalue weighted by atomic mass is 9.98. The molecular weight excluding hydrogens is 1230 g/mol. The van der Waals surface area contributed by atoms with Crippen molar-refractivity contribution < 1.29 is 43.5 Å². The molecule has 0 saturated carbocycles. The number of aromatic hydroxyl groups is 1. The maximum absolute atomic E-state index is 15.2. The minimum Gasteiger partial charge on any atom is -0.508 e. The topological polar surface area (TPSA) is 335 Å². The number of halogens is 1. The first-order valence-corrected chi connectivity index (χ1v) is 32.6. The number of nitrogens with two attached hydrogens (primary N) is 3. The van der Waals surface area contributed by atoms with Crippen LogP contribution in [0.3, 0.4) is 0 Å². The summed E-state index contributed by atoms with van der Waals surface area (Å²) in [5.74, 6) is -6.57. The zero-order valence-corrected chi connectivity index (χ0v) is 54.3. The largest absolute Gasteiger partial charge is 0.508 e. The average molecular weight is 1320 g/mol. The van der Waals surface area contributed by atoms with Gasteiger partial charge in [-0.05, 0) is 123 Å². The highest BCUT2D eigenvalue weighted by atomic mass is 35.5. The molecule has 21 heteroatoms. The number of aromatic nitrogens is 1. The molecule has 0 radical (unpaired) electrons. The molecule has 9 rings (SSSR count). The number of phenols is 1. The fraction of sp³-hybridized carbons (Fsp3) is 0.280. The van der Waals surface area contributed by atoms with E-state index in [1.54, 1.807) is 80.7 Å². The molecule has 0 saturated heterocycles. The summed E-state index contributed by atoms with van der Waals surface area (Å²) in [5.41, 5.74) is 23.2. The molecule has 8 amide bonds. The van der Waals surface area contributed by atoms with Crippen molar-refractivity contribution in [2.24, 2.45) is 23.1 Å². The summed E-state index contributed by atoms with van der Waals surface area (Å²) in [4.78, 5) is 120. The number of fused-ring (bicyclic) bond motifs is 3. The van der Waals surface area contributed by atoms with Gasteiger partial charge in [0.25, 0.3) is 0 Å². The standard InChI is InChI=1S/C75H82ClN11O9/c1-45(2)67(75(96)86-65(39-46-14-4-3-5-15-46)71(92)82-62(68(79)89)42-50-24-30-52-17-7-9-19-54(52)37-50)87-70(91)61(22-12-13-35-77)81-74(95)66(43-55-44-80-60-21-11-10-20-58(55)60)85-73(94)64(41-48-27-33-57(88)34-28-48)84-72(93)63(40-47-25-31-56(76)32-26-47)83-69(90)59(78)38-49-23-29-51-16-6-8-18-53(51)36-49/h3-11,14-21,23-34,36-37,44-45,59,61-67,80,88H,12-13,22,35,38-43,77-78H2,1-2H3,(H2,79,89)(H,81,95)(H,82,92)(H,83,90)(H,84,93)(H,85,94)(H,86,96)(H,87,91)/t59-,61+,62+,63-,64+,65+,66-,67+/m1/s1. The number of amides is 8. The molecule has 9 aromatic rings. The Morgan fingerprint density at radius 3 is 1.42 bits per heavy atom. The van der Waals surface area contributed by atoms with Crippen molar-refractivity contribution in [3.05, 3.63) is 233 Å². The molecular formula is C75H82ClN11O9. The third-order valence-corrected chi connectivity index (χ3v) is 17.2. The quantitative estimate of drug-likeness (QED) is 0.0200. The molecule has 1 heterocycles. The van der Waals surface area contributed by atoms with Gasteiger partial charge in [0, 0.05) is 54.2 Å². The first-order valence-electron chi connectivity index (χ1n) is 32.2. The van der Waals surface area contributed by atoms with Gasteiger partial charge in [-0.3, -0.25) is 38.4 Å². The van der Waals surface area contributed by atoms with Crippen LogP contribution in [0.1, 0.15) is 66.5 Å². The summed E-state index contributed by atoms with van der Waals surface area (Å²) in [5, 5.41) is 35.3. The van der Waals surface area contributed by atoms with Crippen LogP contribution in [0, 0.1) is 5.92 Å². The van der Waals surface area contributed by atoms with Gasteiger partial charge < -0.3 is 64.5 Å². The van der Waals surface area contributed by atoms with E-state index in [1.165, 1.54) is 12.1 Å². The predicted molar refractivity (Wildman–Crippen MR) is 373 cm³/mol. The van der Waals surface area contributed by atoms with E-state index in [9.17, 15) is 33.9 Å². The molecule has 8 atom stereocenters. The number of hydrogen-bond donors (Lipinski definition) is 12. The summed E-state index contributed by atoms with van der Waals surface area (Å²) < 4.78 is 0. The van der Waals surface area contributed by atoms with Gasteiger partial charge in [0.1, 0.15) is 48.0 Å². The molecule has 8 aromatic carbocycles. The number of rotatable bonds is 32. The SMILES string of the molecule is CC(C)[C@H](NC(=O)[C@H](CCCCN)NC(=O)[C@@H](Cc1c[nH]c2ccccc12)NC(=O)[C@H](Cc1ccc(O)cc1)NC(=O)[C@@H](Cc1ccc(Cl)cc1)NC(=O)[C@H](N)Cc1ccc2ccccc2c1)C(=O)N[C@@H](Cc1ccccc1)C(=O)N[C@@H](Cc1ccc2ccccc2c1)C(N)=O. The van der Waals surface area contributed by atoms with Crippen LogP contribution < -0.4 is 54.4 Å². The summed E-state index contributed by atoms with van der Waals surface area (Å²) in [6.07, 6.45) is 2.47. The third kappa shape index (κ3) is 19.6. The van der Waals surface area contributed by atoms with Gasteiger partial charge in [0.2, 0.25) is 47.3 Å². The van der Waals surface area contributed by atoms with Gasteiger partial charge in [-0.1, -0.05) is 183 Å². The molecule has 0 spiro atoms. The minimum atomic E-state index is -1.43. The van der Waals surface area contributed by atoms with Gasteiger partial charge in [-0.2, -0.15) is 0 Å². The van der Waals surface area contributed by atoms with Gasteiger partial charge >= 0.3 is 0 Å². The molecule has 1 aromatic heterocycles. The highest BCUT2D eigenvalue weighted by Crippen LogP contribution is 2.23. The Balaban J connectivity index is 0.959. The van der Waals surface area contributed by atoms with E-state index in [2.05, 4.69) is 42.2 Å². The second kappa shape index (κ2) is 33.6. The lowest BCUT2D eigenvalue weighted by Crippen LogP contribution is -2.61. The van der Waals surface area contributed by atoms with Crippen LogP contribution in [0.2, 0.25) is 5.02 Å². The van der Waals surface area contributed by atoms with Crippen molar-refractivity contribution in [2.75, 3.05) is 6.54 Å². The number of benzene rings is 8. The summed E-state index contributed by atoms with van der Waals surface area (Å²) in [6.45, 7) is 3.68. The predicted octanol–water partition coefficient (Wildman–Crippen LogP) is 6.58. The van der Waals surface area contributed by atoms with Crippen LogP contribution in [0.5, 0.6) is 5.75 Å². The van der Waals surface area contributed by atoms with E-state index in [4.69, 9.17) is 28.8 Å². The van der Waals surface area contributed by atoms with Crippen molar-refractivity contribution in [1.82, 2.24) is 42.2 Å². The van der Waals surface area contributed by atoms with Gasteiger partial charge in [-0.25, -0.2) is 0 Å². The van der Waals surface area contributed by atoms with E-state index in [0.29, 0.717) is 40.1 Å². The van der Waals surface area contributed by atoms with Gasteiger partial charge in [0.05, 0.1) is 6.04 Å². The Morgan fingerprint density at radius 2 is 0.865 bits per heavy atom. The smallest absolute Gasteiger partial charge is 0.243 e. The Hall–Kier alpha value is -10.4. The van der Waals surface area contributed by atoms with Gasteiger partial charge in [0.15, 0.2) is 0 Å². The van der Waals surface area contributed by atoms with E-state index >= 15 is 9.59 Å². The number of primary amides is 1. The van der Waals surface area contributed by atoms with E-state index < -0.39 is 102 Å². The van der Waals surface area contributed by atoms with Crippen molar-refractivity contribution in [1.29, 1.82) is 0 Å². The Kier molecular flexibility index (Phi) is 24.5. The van der Waals surface area contributed by atoms with E-state index in [1.807, 2.05) is 115 Å². The van der Waals surface area contributed by atoms with Crippen LogP contribution in [-0.4, -0.2) is 112 Å². The number of nitrogens with one attached hydrogen (secondary N) is 8. The van der Waals surface area contributed by atoms with E-state index in [-0.39, 0.29) is 57.2 Å². The number of carbonyl (C=O) groups is 8. The fourth-order valence-corrected chi connectivity index (χ4v) is 11.8. The molecule has 0 bridgehead atoms. The maximum Gasteiger partial charge on any atom is 0.243 e. The fourth-order valence-electron chi connectivity index (χ4n) is 11.6. The number of hydrogen-bond acceptors (Lipinski definition) is 11. The molecule has 498 valence electrons. The molecule has 0 aliphatic heterocycles. The number of aromatic amines is 1. The molecule has 96 heavy (non-hydrogen) atoms. The Bertz CT molecular complexity index is 4190. The Labute approximate surface area is 562 Å². The number of carbonyl (C=O) groups excluding carboxylic acids is 8. The summed E-state index contributed by atoms with van der Waals surface area (Å²) in [7, 11) is 0. The average Bonchev–Trinajstić information content (AvgIpc) is 1.85. The van der Waals surface area contributed by atoms with Gasteiger partial charge in [-0.15, -0.1) is 0 Å². The van der Waals surface area contributed by atoms with E-state index in [0.717, 1.165) is 43.6 Å². The summed E-state index contributed by atoms with van der Waals surface area (Å²) >= 11 is 6.26. The number of para-hydroxylation sites is 1. The summed E-state index contributed by atoms with van der Waals surface area (Å²) in [6, 6.07) is 45.8. The molecule has 0 fully saturated rings. The number of unbranched alkanes of at least 4 members (excludes halogenated alkanes) is 1. The Morgan fingerprint density at radius 1 is 0.438 bits per heavy atom. The van der Waals surface area contributed by atoms with Crippen LogP contribution >= 0.6 is 11.6 Å². The number of H-pyrrole nitrogens is 1. The normalized spacial score (nSPS) is 13.9. The molecule has 0 aliphatic rings. The van der Waals surface area contributed by atoms with Crippen LogP contribution in [-0.2, 0) is 76.9 Å². The maximum atomic E-state index is 15.2. The van der Waals surface area contributed by atoms with Crippen molar-refractivity contribution in [2.45, 2.75) is 120 Å². The molecule has 0 aliphatic carbocycles. The highest BCUT2D eigenvalue weighted by Gasteiger charge is 2.36. The molecule has 0 unspecified atom stereocenters. The molecule has 20 nitrogen and oxygen atoms in total. The van der Waals surface area contributed by atoms with Crippen molar-refractivity contribution >= 4 is 91.3 Å². The first kappa shape index (κ1) is 69.9. The van der Waals surface area contributed by atoms with Crippen LogP contribution in [0.4, 0.5) is 0 Å². The second-order valence-corrected chi connectivity index (χ2v) is 25.1. The lowest BCUT2D eigenvalue weighted by Gasteiger charge is -2.29. The zero-order valence-electron chi connectivity index (χ0n) is 53.6. The minimum absolute atomic E-state index is 0.00198. The van der Waals surface area contributed by atoms with Crippen LogP contribution in [0.25, 0.3) is 32.4 Å². The number of phenolic OH excluding ortho intramolecular Hbond substituents is 1. The van der Waals surface area contributed by atoms with Crippen molar-refractivity contribution in [3.8, 4) is 5.75 Å². The molecule has 15 N–H and O–H groups in total. The highest BCUT2D eigenvalue weighted by molar-refractivity contribution is 6.30. The first-order chi connectivity index (χ1) is 46.3. The second-order valence-electron chi connectivity index (χ2n) is 24.6. The lowest BCUT2D eigenvalue weighted by molar-refractivity contribution is -0.136.